The Balaban J connectivity index is 1.33. The van der Waals surface area contributed by atoms with Crippen molar-refractivity contribution in [3.63, 3.8) is 0 Å². The molecule has 0 bridgehead atoms. The van der Waals surface area contributed by atoms with Crippen LogP contribution in [-0.2, 0) is 19.5 Å². The second kappa shape index (κ2) is 8.95. The van der Waals surface area contributed by atoms with Crippen LogP contribution in [0.15, 0.2) is 27.7 Å². The third kappa shape index (κ3) is 4.53. The van der Waals surface area contributed by atoms with Gasteiger partial charge in [0.05, 0.1) is 12.8 Å². The van der Waals surface area contributed by atoms with Crippen LogP contribution in [0.3, 0.4) is 0 Å². The SMILES string of the molecule is CN=C(NCc1cc2c(cc1OC)CC(C)O2)N1CCN(Cc2cc(C)on2)CC1. The standard InChI is InChI=1S/C22H31N5O3/c1-15-9-17-11-20(28-4)18(12-21(17)29-15)13-24-22(23-3)27-7-5-26(6-8-27)14-19-10-16(2)30-25-19/h10-12,15H,5-9,13-14H2,1-4H3,(H,23,24). The van der Waals surface area contributed by atoms with Crippen molar-refractivity contribution in [2.45, 2.75) is 39.5 Å². The minimum atomic E-state index is 0.221. The molecule has 8 heteroatoms. The molecule has 1 N–H and O–H groups in total. The molecule has 1 saturated heterocycles. The molecule has 4 rings (SSSR count). The highest BCUT2D eigenvalue weighted by Crippen LogP contribution is 2.34. The highest BCUT2D eigenvalue weighted by atomic mass is 16.5. The summed E-state index contributed by atoms with van der Waals surface area (Å²) in [4.78, 5) is 9.18. The van der Waals surface area contributed by atoms with Gasteiger partial charge in [-0.15, -0.1) is 0 Å². The first-order chi connectivity index (χ1) is 14.6. The first kappa shape index (κ1) is 20.5. The molecule has 8 nitrogen and oxygen atoms in total. The molecule has 1 atom stereocenters. The Labute approximate surface area is 177 Å². The normalized spacial score (nSPS) is 19.5. The van der Waals surface area contributed by atoms with Gasteiger partial charge < -0.3 is 24.2 Å². The number of ether oxygens (including phenoxy) is 2. The average molecular weight is 414 g/mol. The molecule has 1 aromatic carbocycles. The van der Waals surface area contributed by atoms with Gasteiger partial charge in [-0.1, -0.05) is 5.16 Å². The molecule has 2 aliphatic heterocycles. The van der Waals surface area contributed by atoms with E-state index in [4.69, 9.17) is 14.0 Å². The minimum absolute atomic E-state index is 0.221. The number of guanidine groups is 1. The number of aromatic nitrogens is 1. The second-order valence-corrected chi connectivity index (χ2v) is 8.00. The molecule has 0 spiro atoms. The van der Waals surface area contributed by atoms with Crippen LogP contribution in [-0.4, -0.2) is 67.4 Å². The Morgan fingerprint density at radius 2 is 2.07 bits per heavy atom. The molecule has 0 saturated carbocycles. The fourth-order valence-electron chi connectivity index (χ4n) is 4.16. The van der Waals surface area contributed by atoms with Gasteiger partial charge in [-0.3, -0.25) is 9.89 Å². The number of methoxy groups -OCH3 is 1. The fraction of sp³-hybridized carbons (Fsp3) is 0.545. The quantitative estimate of drug-likeness (QED) is 0.595. The summed E-state index contributed by atoms with van der Waals surface area (Å²) in [5.74, 6) is 3.62. The highest BCUT2D eigenvalue weighted by molar-refractivity contribution is 5.80. The summed E-state index contributed by atoms with van der Waals surface area (Å²) in [5.41, 5.74) is 3.28. The maximum atomic E-state index is 5.92. The lowest BCUT2D eigenvalue weighted by Crippen LogP contribution is -2.52. The number of piperazine rings is 1. The maximum Gasteiger partial charge on any atom is 0.194 e. The van der Waals surface area contributed by atoms with Gasteiger partial charge in [-0.05, 0) is 26.0 Å². The Morgan fingerprint density at radius 3 is 2.73 bits per heavy atom. The van der Waals surface area contributed by atoms with E-state index in [1.54, 1.807) is 7.11 Å². The molecule has 2 aliphatic rings. The smallest absolute Gasteiger partial charge is 0.194 e. The molecular weight excluding hydrogens is 382 g/mol. The lowest BCUT2D eigenvalue weighted by Gasteiger charge is -2.36. The summed E-state index contributed by atoms with van der Waals surface area (Å²) in [6, 6.07) is 6.19. The maximum absolute atomic E-state index is 5.92. The van der Waals surface area contributed by atoms with Crippen LogP contribution in [0.5, 0.6) is 11.5 Å². The van der Waals surface area contributed by atoms with Gasteiger partial charge in [0.2, 0.25) is 0 Å². The van der Waals surface area contributed by atoms with Crippen molar-refractivity contribution in [2.75, 3.05) is 40.3 Å². The predicted molar refractivity (Wildman–Crippen MR) is 115 cm³/mol. The summed E-state index contributed by atoms with van der Waals surface area (Å²) in [6.45, 7) is 9.22. The van der Waals surface area contributed by atoms with E-state index in [0.29, 0.717) is 6.54 Å². The van der Waals surface area contributed by atoms with Gasteiger partial charge in [0.1, 0.15) is 23.4 Å². The van der Waals surface area contributed by atoms with E-state index in [1.807, 2.05) is 20.0 Å². The van der Waals surface area contributed by atoms with Gasteiger partial charge >= 0.3 is 0 Å². The summed E-state index contributed by atoms with van der Waals surface area (Å²) in [6.07, 6.45) is 1.15. The molecule has 162 valence electrons. The van der Waals surface area contributed by atoms with Crippen LogP contribution in [0, 0.1) is 6.92 Å². The van der Waals surface area contributed by atoms with Crippen LogP contribution in [0.4, 0.5) is 0 Å². The Morgan fingerprint density at radius 1 is 1.27 bits per heavy atom. The van der Waals surface area contributed by atoms with Crippen LogP contribution in [0.25, 0.3) is 0 Å². The molecule has 30 heavy (non-hydrogen) atoms. The van der Waals surface area contributed by atoms with Crippen molar-refractivity contribution in [3.05, 3.63) is 40.8 Å². The van der Waals surface area contributed by atoms with Crippen molar-refractivity contribution in [2.24, 2.45) is 4.99 Å². The predicted octanol–water partition coefficient (Wildman–Crippen LogP) is 2.21. The fourth-order valence-corrected chi connectivity index (χ4v) is 4.16. The summed E-state index contributed by atoms with van der Waals surface area (Å²) in [5, 5.41) is 7.60. The molecule has 3 heterocycles. The Bertz CT molecular complexity index is 902. The molecule has 0 aliphatic carbocycles. The summed E-state index contributed by atoms with van der Waals surface area (Å²) < 4.78 is 16.7. The van der Waals surface area contributed by atoms with E-state index in [2.05, 4.69) is 44.3 Å². The van der Waals surface area contributed by atoms with Crippen molar-refractivity contribution in [3.8, 4) is 11.5 Å². The number of rotatable bonds is 5. The van der Waals surface area contributed by atoms with Crippen LogP contribution in [0.2, 0.25) is 0 Å². The van der Waals surface area contributed by atoms with E-state index in [0.717, 1.165) is 73.6 Å². The third-order valence-electron chi connectivity index (χ3n) is 5.68. The molecule has 1 fully saturated rings. The van der Waals surface area contributed by atoms with Crippen LogP contribution in [0.1, 0.15) is 29.5 Å². The van der Waals surface area contributed by atoms with Crippen molar-refractivity contribution in [1.82, 2.24) is 20.3 Å². The molecule has 2 aromatic rings. The van der Waals surface area contributed by atoms with E-state index in [1.165, 1.54) is 5.56 Å². The van der Waals surface area contributed by atoms with Gasteiger partial charge in [0, 0.05) is 69.9 Å². The number of aliphatic imine (C=N–C) groups is 1. The lowest BCUT2D eigenvalue weighted by molar-refractivity contribution is 0.169. The van der Waals surface area contributed by atoms with Gasteiger partial charge in [0.15, 0.2) is 5.96 Å². The monoisotopic (exact) mass is 413 g/mol. The zero-order chi connectivity index (χ0) is 21.1. The lowest BCUT2D eigenvalue weighted by atomic mass is 10.1. The topological polar surface area (TPSA) is 75.4 Å². The molecular formula is C22H31N5O3. The zero-order valence-corrected chi connectivity index (χ0v) is 18.3. The Hall–Kier alpha value is -2.74. The van der Waals surface area contributed by atoms with Crippen LogP contribution >= 0.6 is 0 Å². The average Bonchev–Trinajstić information content (AvgIpc) is 3.32. The van der Waals surface area contributed by atoms with Crippen LogP contribution < -0.4 is 14.8 Å². The minimum Gasteiger partial charge on any atom is -0.496 e. The highest BCUT2D eigenvalue weighted by Gasteiger charge is 2.23. The largest absolute Gasteiger partial charge is 0.496 e. The number of fused-ring (bicyclic) bond motifs is 1. The molecule has 0 amide bonds. The van der Waals surface area contributed by atoms with Gasteiger partial charge in [0.25, 0.3) is 0 Å². The van der Waals surface area contributed by atoms with E-state index >= 15 is 0 Å². The van der Waals surface area contributed by atoms with E-state index in [9.17, 15) is 0 Å². The molecule has 1 unspecified atom stereocenters. The molecule has 0 radical (unpaired) electrons. The zero-order valence-electron chi connectivity index (χ0n) is 18.3. The summed E-state index contributed by atoms with van der Waals surface area (Å²) >= 11 is 0. The number of nitrogens with one attached hydrogen (secondary N) is 1. The number of benzene rings is 1. The number of hydrogen-bond donors (Lipinski definition) is 1. The first-order valence-corrected chi connectivity index (χ1v) is 10.5. The Kier molecular flexibility index (Phi) is 6.13. The third-order valence-corrected chi connectivity index (χ3v) is 5.68. The number of aryl methyl sites for hydroxylation is 1. The number of hydrogen-bond acceptors (Lipinski definition) is 6. The van der Waals surface area contributed by atoms with Gasteiger partial charge in [-0.2, -0.15) is 0 Å². The second-order valence-electron chi connectivity index (χ2n) is 8.00. The van der Waals surface area contributed by atoms with E-state index in [-0.39, 0.29) is 6.10 Å². The first-order valence-electron chi connectivity index (χ1n) is 10.5. The number of nitrogens with zero attached hydrogens (tertiary/aromatic N) is 4. The van der Waals surface area contributed by atoms with Gasteiger partial charge in [-0.25, -0.2) is 0 Å². The summed E-state index contributed by atoms with van der Waals surface area (Å²) in [7, 11) is 3.55. The van der Waals surface area contributed by atoms with Crippen molar-refractivity contribution < 1.29 is 14.0 Å². The van der Waals surface area contributed by atoms with E-state index < -0.39 is 0 Å². The molecule has 1 aromatic heterocycles. The van der Waals surface area contributed by atoms with Crippen molar-refractivity contribution >= 4 is 5.96 Å². The van der Waals surface area contributed by atoms with Crippen molar-refractivity contribution in [1.29, 1.82) is 0 Å².